The second-order valence-corrected chi connectivity index (χ2v) is 4.27. The third-order valence-electron chi connectivity index (χ3n) is 2.29. The third kappa shape index (κ3) is 3.07. The van der Waals surface area contributed by atoms with E-state index in [0.717, 1.165) is 11.1 Å². The fourth-order valence-electron chi connectivity index (χ4n) is 1.50. The average Bonchev–Trinajstić information content (AvgIpc) is 2.15. The van der Waals surface area contributed by atoms with Gasteiger partial charge >= 0.3 is 5.97 Å². The predicted molar refractivity (Wildman–Crippen MR) is 62.1 cm³/mol. The number of Topliss-reactive ketones (excluding diaryl/α,β-unsaturated/α-hetero) is 1. The van der Waals surface area contributed by atoms with Gasteiger partial charge in [0.1, 0.15) is 5.38 Å². The van der Waals surface area contributed by atoms with Crippen molar-refractivity contribution < 1.29 is 14.7 Å². The van der Waals surface area contributed by atoms with E-state index in [1.807, 2.05) is 26.0 Å². The maximum Gasteiger partial charge on any atom is 0.305 e. The number of alkyl halides is 1. The summed E-state index contributed by atoms with van der Waals surface area (Å²) in [5.74, 6) is -1.40. The molecule has 1 aromatic rings. The van der Waals surface area contributed by atoms with Crippen molar-refractivity contribution in [3.8, 4) is 0 Å². The Balaban J connectivity index is 2.92. The molecule has 3 nitrogen and oxygen atoms in total. The Morgan fingerprint density at radius 1 is 1.38 bits per heavy atom. The Hall–Kier alpha value is -1.35. The number of halogens is 1. The maximum absolute atomic E-state index is 11.8. The van der Waals surface area contributed by atoms with Crippen molar-refractivity contribution in [2.45, 2.75) is 25.6 Å². The predicted octanol–water partition coefficient (Wildman–Crippen LogP) is 2.57. The normalized spacial score (nSPS) is 12.2. The number of hydrogen-bond donors (Lipinski definition) is 1. The SMILES string of the molecule is Cc1ccc(C(=O)C(Cl)CC(=O)O)c(C)c1. The van der Waals surface area contributed by atoms with Crippen molar-refractivity contribution in [2.24, 2.45) is 0 Å². The number of carbonyl (C=O) groups excluding carboxylic acids is 1. The fraction of sp³-hybridized carbons (Fsp3) is 0.333. The van der Waals surface area contributed by atoms with E-state index in [4.69, 9.17) is 16.7 Å². The summed E-state index contributed by atoms with van der Waals surface area (Å²) in [6.45, 7) is 3.74. The highest BCUT2D eigenvalue weighted by Crippen LogP contribution is 2.16. The molecular weight excluding hydrogens is 228 g/mol. The molecule has 1 unspecified atom stereocenters. The minimum atomic E-state index is -1.07. The van der Waals surface area contributed by atoms with Gasteiger partial charge in [-0.05, 0) is 19.4 Å². The number of hydrogen-bond acceptors (Lipinski definition) is 2. The van der Waals surface area contributed by atoms with Crippen LogP contribution in [0.25, 0.3) is 0 Å². The van der Waals surface area contributed by atoms with E-state index in [9.17, 15) is 9.59 Å². The maximum atomic E-state index is 11.8. The van der Waals surface area contributed by atoms with Crippen molar-refractivity contribution in [1.29, 1.82) is 0 Å². The second kappa shape index (κ2) is 5.12. The quantitative estimate of drug-likeness (QED) is 0.650. The first-order valence-electron chi connectivity index (χ1n) is 4.89. The lowest BCUT2D eigenvalue weighted by molar-refractivity contribution is -0.136. The van der Waals surface area contributed by atoms with Crippen molar-refractivity contribution >= 4 is 23.4 Å². The summed E-state index contributed by atoms with van der Waals surface area (Å²) in [5, 5.41) is 7.56. The van der Waals surface area contributed by atoms with Gasteiger partial charge in [0.25, 0.3) is 0 Å². The number of carboxylic acid groups (broad SMARTS) is 1. The van der Waals surface area contributed by atoms with Crippen LogP contribution in [0.4, 0.5) is 0 Å². The molecule has 1 rings (SSSR count). The van der Waals surface area contributed by atoms with E-state index >= 15 is 0 Å². The van der Waals surface area contributed by atoms with E-state index in [0.29, 0.717) is 5.56 Å². The van der Waals surface area contributed by atoms with Crippen LogP contribution in [-0.4, -0.2) is 22.2 Å². The van der Waals surface area contributed by atoms with Gasteiger partial charge in [-0.15, -0.1) is 11.6 Å². The Bertz CT molecular complexity index is 426. The van der Waals surface area contributed by atoms with Gasteiger partial charge in [-0.1, -0.05) is 23.8 Å². The molecule has 1 N–H and O–H groups in total. The second-order valence-electron chi connectivity index (χ2n) is 3.75. The molecule has 0 aromatic heterocycles. The number of rotatable bonds is 4. The molecule has 1 aromatic carbocycles. The van der Waals surface area contributed by atoms with Gasteiger partial charge in [-0.2, -0.15) is 0 Å². The Morgan fingerprint density at radius 2 is 2.00 bits per heavy atom. The summed E-state index contributed by atoms with van der Waals surface area (Å²) in [5.41, 5.74) is 2.37. The van der Waals surface area contributed by atoms with Gasteiger partial charge in [0.05, 0.1) is 6.42 Å². The summed E-state index contributed by atoms with van der Waals surface area (Å²) in [6, 6.07) is 5.37. The van der Waals surface area contributed by atoms with Crippen LogP contribution >= 0.6 is 11.6 Å². The van der Waals surface area contributed by atoms with Gasteiger partial charge < -0.3 is 5.11 Å². The lowest BCUT2D eigenvalue weighted by atomic mass is 9.99. The summed E-state index contributed by atoms with van der Waals surface area (Å²) in [7, 11) is 0. The molecule has 0 radical (unpaired) electrons. The highest BCUT2D eigenvalue weighted by Gasteiger charge is 2.21. The zero-order valence-electron chi connectivity index (χ0n) is 9.16. The Kier molecular flexibility index (Phi) is 4.07. The molecule has 0 amide bonds. The van der Waals surface area contributed by atoms with Crippen LogP contribution in [0.2, 0.25) is 0 Å². The first-order chi connectivity index (χ1) is 7.41. The highest BCUT2D eigenvalue weighted by atomic mass is 35.5. The van der Waals surface area contributed by atoms with Crippen molar-refractivity contribution in [3.05, 3.63) is 34.9 Å². The molecular formula is C12H13ClO3. The standard InChI is InChI=1S/C12H13ClO3/c1-7-3-4-9(8(2)5-7)12(16)10(13)6-11(14)15/h3-5,10H,6H2,1-2H3,(H,14,15). The highest BCUT2D eigenvalue weighted by molar-refractivity contribution is 6.35. The van der Waals surface area contributed by atoms with Gasteiger partial charge in [-0.3, -0.25) is 9.59 Å². The molecule has 86 valence electrons. The third-order valence-corrected chi connectivity index (χ3v) is 2.64. The smallest absolute Gasteiger partial charge is 0.305 e. The first kappa shape index (κ1) is 12.7. The van der Waals surface area contributed by atoms with Gasteiger partial charge in [-0.25, -0.2) is 0 Å². The summed E-state index contributed by atoms with van der Waals surface area (Å²) in [6.07, 6.45) is -0.353. The molecule has 0 saturated heterocycles. The molecule has 0 spiro atoms. The largest absolute Gasteiger partial charge is 0.481 e. The van der Waals surface area contributed by atoms with E-state index in [1.54, 1.807) is 6.07 Å². The minimum absolute atomic E-state index is 0.332. The van der Waals surface area contributed by atoms with Gasteiger partial charge in [0, 0.05) is 5.56 Å². The minimum Gasteiger partial charge on any atom is -0.481 e. The van der Waals surface area contributed by atoms with Crippen LogP contribution in [0.1, 0.15) is 27.9 Å². The Labute approximate surface area is 99.0 Å². The monoisotopic (exact) mass is 240 g/mol. The number of ketones is 1. The zero-order valence-corrected chi connectivity index (χ0v) is 9.91. The van der Waals surface area contributed by atoms with Crippen LogP contribution in [0.3, 0.4) is 0 Å². The topological polar surface area (TPSA) is 54.4 Å². The van der Waals surface area contributed by atoms with Crippen LogP contribution in [0.15, 0.2) is 18.2 Å². The van der Waals surface area contributed by atoms with Crippen molar-refractivity contribution in [1.82, 2.24) is 0 Å². The summed E-state index contributed by atoms with van der Waals surface area (Å²) in [4.78, 5) is 22.3. The molecule has 16 heavy (non-hydrogen) atoms. The van der Waals surface area contributed by atoms with Crippen LogP contribution in [0.5, 0.6) is 0 Å². The molecule has 0 aliphatic rings. The lowest BCUT2D eigenvalue weighted by Gasteiger charge is -2.09. The number of carbonyl (C=O) groups is 2. The van der Waals surface area contributed by atoms with Gasteiger partial charge in [0.2, 0.25) is 0 Å². The Morgan fingerprint density at radius 3 is 2.50 bits per heavy atom. The molecule has 0 bridgehead atoms. The zero-order chi connectivity index (χ0) is 12.3. The van der Waals surface area contributed by atoms with Crippen LogP contribution < -0.4 is 0 Å². The van der Waals surface area contributed by atoms with Gasteiger partial charge in [0.15, 0.2) is 5.78 Å². The number of aliphatic carboxylic acids is 1. The molecule has 0 aliphatic heterocycles. The molecule has 4 heteroatoms. The molecule has 0 fully saturated rings. The van der Waals surface area contributed by atoms with Crippen molar-refractivity contribution in [3.63, 3.8) is 0 Å². The fourth-order valence-corrected chi connectivity index (χ4v) is 1.75. The first-order valence-corrected chi connectivity index (χ1v) is 5.33. The summed E-state index contributed by atoms with van der Waals surface area (Å²) < 4.78 is 0. The average molecular weight is 241 g/mol. The van der Waals surface area contributed by atoms with Crippen LogP contribution in [0, 0.1) is 13.8 Å². The summed E-state index contributed by atoms with van der Waals surface area (Å²) >= 11 is 5.74. The molecule has 0 heterocycles. The van der Waals surface area contributed by atoms with Crippen molar-refractivity contribution in [2.75, 3.05) is 0 Å². The van der Waals surface area contributed by atoms with E-state index in [-0.39, 0.29) is 12.2 Å². The molecule has 0 saturated carbocycles. The molecule has 0 aliphatic carbocycles. The number of carboxylic acids is 1. The van der Waals surface area contributed by atoms with E-state index in [1.165, 1.54) is 0 Å². The molecule has 1 atom stereocenters. The van der Waals surface area contributed by atoms with E-state index < -0.39 is 11.3 Å². The van der Waals surface area contributed by atoms with E-state index in [2.05, 4.69) is 0 Å². The lowest BCUT2D eigenvalue weighted by Crippen LogP contribution is -2.19. The number of aryl methyl sites for hydroxylation is 2. The van der Waals surface area contributed by atoms with Crippen LogP contribution in [-0.2, 0) is 4.79 Å². The number of benzene rings is 1.